The third kappa shape index (κ3) is 4.24. The Morgan fingerprint density at radius 1 is 1.24 bits per heavy atom. The van der Waals surface area contributed by atoms with E-state index in [1.165, 1.54) is 24.3 Å². The van der Waals surface area contributed by atoms with Crippen molar-refractivity contribution in [2.24, 2.45) is 0 Å². The minimum absolute atomic E-state index is 0.105. The van der Waals surface area contributed by atoms with Gasteiger partial charge in [0.25, 0.3) is 5.69 Å². The molecule has 1 N–H and O–H groups in total. The van der Waals surface area contributed by atoms with Gasteiger partial charge in [0, 0.05) is 23.2 Å². The number of benzene rings is 2. The molecule has 0 fully saturated rings. The first kappa shape index (κ1) is 15.4. The van der Waals surface area contributed by atoms with E-state index in [-0.39, 0.29) is 17.2 Å². The van der Waals surface area contributed by atoms with E-state index in [2.05, 4.69) is 21.2 Å². The minimum atomic E-state index is -0.518. The fraction of sp³-hybridized carbons (Fsp3) is 0.143. The van der Waals surface area contributed by atoms with E-state index in [1.54, 1.807) is 19.2 Å². The topological polar surface area (TPSA) is 64.4 Å². The summed E-state index contributed by atoms with van der Waals surface area (Å²) < 4.78 is 19.5. The molecule has 5 nitrogen and oxygen atoms in total. The van der Waals surface area contributed by atoms with Crippen LogP contribution in [0, 0.1) is 15.9 Å². The van der Waals surface area contributed by atoms with Crippen LogP contribution in [0.25, 0.3) is 0 Å². The molecule has 2 aromatic carbocycles. The van der Waals surface area contributed by atoms with Gasteiger partial charge in [-0.2, -0.15) is 0 Å². The van der Waals surface area contributed by atoms with Crippen LogP contribution in [0.5, 0.6) is 11.5 Å². The van der Waals surface area contributed by atoms with Gasteiger partial charge in [0.15, 0.2) is 0 Å². The summed E-state index contributed by atoms with van der Waals surface area (Å²) in [5.41, 5.74) is 0.614. The maximum Gasteiger partial charge on any atom is 0.274 e. The summed E-state index contributed by atoms with van der Waals surface area (Å²) in [7, 11) is 1.75. The highest BCUT2D eigenvalue weighted by atomic mass is 79.9. The highest BCUT2D eigenvalue weighted by Gasteiger charge is 2.11. The summed E-state index contributed by atoms with van der Waals surface area (Å²) in [6.07, 6.45) is 0. The van der Waals surface area contributed by atoms with Crippen molar-refractivity contribution in [2.45, 2.75) is 6.54 Å². The monoisotopic (exact) mass is 354 g/mol. The predicted octanol–water partition coefficient (Wildman–Crippen LogP) is 4.01. The second-order valence-electron chi connectivity index (χ2n) is 4.33. The maximum absolute atomic E-state index is 13.5. The molecule has 0 saturated heterocycles. The zero-order valence-corrected chi connectivity index (χ0v) is 12.7. The summed E-state index contributed by atoms with van der Waals surface area (Å²) in [5.74, 6) is 0.118. The van der Waals surface area contributed by atoms with Gasteiger partial charge in [0.1, 0.15) is 17.3 Å². The van der Waals surface area contributed by atoms with Crippen LogP contribution in [0.2, 0.25) is 0 Å². The van der Waals surface area contributed by atoms with Crippen molar-refractivity contribution in [1.29, 1.82) is 0 Å². The van der Waals surface area contributed by atoms with Crippen LogP contribution in [0.4, 0.5) is 10.1 Å². The molecule has 21 heavy (non-hydrogen) atoms. The van der Waals surface area contributed by atoms with Crippen molar-refractivity contribution in [3.63, 3.8) is 0 Å². The van der Waals surface area contributed by atoms with Crippen LogP contribution in [-0.4, -0.2) is 12.0 Å². The quantitative estimate of drug-likeness (QED) is 0.650. The third-order valence-corrected chi connectivity index (χ3v) is 3.07. The number of rotatable bonds is 5. The summed E-state index contributed by atoms with van der Waals surface area (Å²) >= 11 is 3.18. The van der Waals surface area contributed by atoms with Gasteiger partial charge in [-0.25, -0.2) is 4.39 Å². The number of non-ortho nitro benzene ring substituents is 1. The molecule has 0 aliphatic heterocycles. The summed E-state index contributed by atoms with van der Waals surface area (Å²) in [4.78, 5) is 10.3. The normalized spacial score (nSPS) is 10.4. The lowest BCUT2D eigenvalue weighted by Crippen LogP contribution is -2.05. The number of halogens is 2. The van der Waals surface area contributed by atoms with Gasteiger partial charge >= 0.3 is 0 Å². The molecule has 0 aliphatic carbocycles. The standard InChI is InChI=1S/C14H12BrFN2O3/c1-17-8-9-2-11(16)6-13(3-9)21-14-5-10(15)4-12(7-14)18(19)20/h2-7,17H,8H2,1H3. The largest absolute Gasteiger partial charge is 0.457 e. The van der Waals surface area contributed by atoms with Crippen LogP contribution in [-0.2, 0) is 6.54 Å². The Labute approximate surface area is 129 Å². The predicted molar refractivity (Wildman–Crippen MR) is 80.0 cm³/mol. The number of hydrogen-bond acceptors (Lipinski definition) is 4. The van der Waals surface area contributed by atoms with E-state index in [4.69, 9.17) is 4.74 Å². The Balaban J connectivity index is 2.31. The Hall–Kier alpha value is -1.99. The first-order valence-electron chi connectivity index (χ1n) is 6.05. The summed E-state index contributed by atoms with van der Waals surface area (Å²) in [6.45, 7) is 0.493. The Bertz CT molecular complexity index is 679. The number of ether oxygens (including phenoxy) is 1. The Morgan fingerprint density at radius 3 is 2.62 bits per heavy atom. The van der Waals surface area contributed by atoms with Crippen LogP contribution >= 0.6 is 15.9 Å². The molecule has 0 radical (unpaired) electrons. The zero-order valence-electron chi connectivity index (χ0n) is 11.1. The molecule has 0 aliphatic rings. The van der Waals surface area contributed by atoms with Crippen LogP contribution in [0.15, 0.2) is 40.9 Å². The van der Waals surface area contributed by atoms with Gasteiger partial charge < -0.3 is 10.1 Å². The maximum atomic E-state index is 13.5. The second kappa shape index (κ2) is 6.64. The minimum Gasteiger partial charge on any atom is -0.457 e. The lowest BCUT2D eigenvalue weighted by atomic mass is 10.2. The number of nitro benzene ring substituents is 1. The lowest BCUT2D eigenvalue weighted by molar-refractivity contribution is -0.385. The fourth-order valence-corrected chi connectivity index (χ4v) is 2.29. The lowest BCUT2D eigenvalue weighted by Gasteiger charge is -2.09. The molecule has 0 spiro atoms. The SMILES string of the molecule is CNCc1cc(F)cc(Oc2cc(Br)cc([N+](=O)[O-])c2)c1. The molecule has 0 aromatic heterocycles. The number of hydrogen-bond donors (Lipinski definition) is 1. The van der Waals surface area contributed by atoms with E-state index < -0.39 is 10.7 Å². The van der Waals surface area contributed by atoms with Gasteiger partial charge in [-0.15, -0.1) is 0 Å². The zero-order chi connectivity index (χ0) is 15.4. The average molecular weight is 355 g/mol. The molecule has 2 aromatic rings. The van der Waals surface area contributed by atoms with Crippen molar-refractivity contribution < 1.29 is 14.1 Å². The molecule has 0 bridgehead atoms. The molecule has 2 rings (SSSR count). The van der Waals surface area contributed by atoms with Crippen molar-refractivity contribution in [3.8, 4) is 11.5 Å². The van der Waals surface area contributed by atoms with Gasteiger partial charge in [-0.05, 0) is 30.8 Å². The molecule has 0 amide bonds. The average Bonchev–Trinajstić information content (AvgIpc) is 2.37. The van der Waals surface area contributed by atoms with E-state index in [0.29, 0.717) is 11.0 Å². The van der Waals surface area contributed by atoms with Crippen molar-refractivity contribution in [2.75, 3.05) is 7.05 Å². The van der Waals surface area contributed by atoms with E-state index in [1.807, 2.05) is 0 Å². The molecule has 0 unspecified atom stereocenters. The van der Waals surface area contributed by atoms with Crippen LogP contribution in [0.3, 0.4) is 0 Å². The van der Waals surface area contributed by atoms with E-state index in [9.17, 15) is 14.5 Å². The molecule has 0 heterocycles. The fourth-order valence-electron chi connectivity index (χ4n) is 1.83. The van der Waals surface area contributed by atoms with Crippen molar-refractivity contribution in [3.05, 3.63) is 62.4 Å². The van der Waals surface area contributed by atoms with Gasteiger partial charge in [-0.1, -0.05) is 15.9 Å². The van der Waals surface area contributed by atoms with Crippen molar-refractivity contribution >= 4 is 21.6 Å². The number of nitrogens with zero attached hydrogens (tertiary/aromatic N) is 1. The van der Waals surface area contributed by atoms with Gasteiger partial charge in [-0.3, -0.25) is 10.1 Å². The van der Waals surface area contributed by atoms with Gasteiger partial charge in [0.2, 0.25) is 0 Å². The number of nitrogens with one attached hydrogen (secondary N) is 1. The molecule has 7 heteroatoms. The Kier molecular flexibility index (Phi) is 4.87. The Morgan fingerprint density at radius 2 is 1.95 bits per heavy atom. The van der Waals surface area contributed by atoms with Crippen LogP contribution < -0.4 is 10.1 Å². The smallest absolute Gasteiger partial charge is 0.274 e. The van der Waals surface area contributed by atoms with E-state index in [0.717, 1.165) is 5.56 Å². The highest BCUT2D eigenvalue weighted by molar-refractivity contribution is 9.10. The molecular formula is C14H12BrFN2O3. The van der Waals surface area contributed by atoms with Crippen molar-refractivity contribution in [1.82, 2.24) is 5.32 Å². The summed E-state index contributed by atoms with van der Waals surface area (Å²) in [5, 5.41) is 13.7. The molecule has 0 saturated carbocycles. The highest BCUT2D eigenvalue weighted by Crippen LogP contribution is 2.30. The summed E-state index contributed by atoms with van der Waals surface area (Å²) in [6, 6.07) is 8.53. The molecular weight excluding hydrogens is 343 g/mol. The first-order chi connectivity index (χ1) is 9.97. The second-order valence-corrected chi connectivity index (χ2v) is 5.25. The third-order valence-electron chi connectivity index (χ3n) is 2.61. The van der Waals surface area contributed by atoms with Crippen LogP contribution in [0.1, 0.15) is 5.56 Å². The first-order valence-corrected chi connectivity index (χ1v) is 6.84. The number of nitro groups is 1. The molecule has 0 atom stereocenters. The molecule has 110 valence electrons. The van der Waals surface area contributed by atoms with Gasteiger partial charge in [0.05, 0.1) is 11.0 Å². The van der Waals surface area contributed by atoms with E-state index >= 15 is 0 Å².